The number of alkyl halides is 4. The monoisotopic (exact) mass is 533 g/mol. The summed E-state index contributed by atoms with van der Waals surface area (Å²) in [5.41, 5.74) is -0.892. The summed E-state index contributed by atoms with van der Waals surface area (Å²) in [7, 11) is 0. The number of morpholine rings is 1. The Morgan fingerprint density at radius 1 is 1.26 bits per heavy atom. The van der Waals surface area contributed by atoms with Gasteiger partial charge in [-0.15, -0.1) is 0 Å². The van der Waals surface area contributed by atoms with Crippen molar-refractivity contribution in [3.05, 3.63) is 76.9 Å². The van der Waals surface area contributed by atoms with Crippen LogP contribution in [0.5, 0.6) is 0 Å². The van der Waals surface area contributed by atoms with Gasteiger partial charge in [0.15, 0.2) is 5.67 Å². The van der Waals surface area contributed by atoms with Crippen LogP contribution in [0.3, 0.4) is 0 Å². The third-order valence-corrected chi connectivity index (χ3v) is 7.05. The highest BCUT2D eigenvalue weighted by atomic mass is 19.4. The number of anilines is 2. The molecule has 3 heterocycles. The Hall–Kier alpha value is -3.57. The van der Waals surface area contributed by atoms with Crippen LogP contribution in [-0.2, 0) is 17.3 Å². The van der Waals surface area contributed by atoms with E-state index in [1.165, 1.54) is 18.3 Å². The van der Waals surface area contributed by atoms with Crippen molar-refractivity contribution in [2.24, 2.45) is 0 Å². The van der Waals surface area contributed by atoms with Crippen molar-refractivity contribution in [3.63, 3.8) is 0 Å². The second-order valence-electron chi connectivity index (χ2n) is 9.50. The number of halogens is 5. The molecule has 1 saturated heterocycles. The van der Waals surface area contributed by atoms with Crippen molar-refractivity contribution >= 4 is 17.3 Å². The van der Waals surface area contributed by atoms with Gasteiger partial charge in [0.2, 0.25) is 0 Å². The van der Waals surface area contributed by atoms with E-state index in [1.807, 2.05) is 0 Å². The number of amides is 1. The number of pyridine rings is 1. The summed E-state index contributed by atoms with van der Waals surface area (Å²) in [5.74, 6) is -1.40. The molecule has 38 heavy (non-hydrogen) atoms. The third kappa shape index (κ3) is 4.71. The molecule has 2 aromatic carbocycles. The molecule has 2 atom stereocenters. The molecule has 11 heteroatoms. The number of nitrogens with one attached hydrogen (secondary N) is 1. The Bertz CT molecular complexity index is 1400. The van der Waals surface area contributed by atoms with E-state index in [4.69, 9.17) is 4.74 Å². The van der Waals surface area contributed by atoms with E-state index >= 15 is 8.78 Å². The fourth-order valence-corrected chi connectivity index (χ4v) is 5.04. The van der Waals surface area contributed by atoms with Gasteiger partial charge in [0.1, 0.15) is 5.82 Å². The summed E-state index contributed by atoms with van der Waals surface area (Å²) in [6.45, 7) is 1.62. The molecule has 200 valence electrons. The Labute approximate surface area is 215 Å². The molecule has 6 nitrogen and oxygen atoms in total. The molecule has 5 rings (SSSR count). The lowest BCUT2D eigenvalue weighted by Gasteiger charge is -2.48. The largest absolute Gasteiger partial charge is 0.416 e. The number of aromatic nitrogens is 1. The quantitative estimate of drug-likeness (QED) is 0.466. The van der Waals surface area contributed by atoms with Gasteiger partial charge in [-0.25, -0.2) is 8.78 Å². The van der Waals surface area contributed by atoms with E-state index < -0.39 is 41.8 Å². The zero-order valence-electron chi connectivity index (χ0n) is 20.3. The first-order valence-corrected chi connectivity index (χ1v) is 11.9. The lowest BCUT2D eigenvalue weighted by molar-refractivity contribution is -0.137. The smallest absolute Gasteiger partial charge is 0.393 e. The molecule has 2 aliphatic rings. The van der Waals surface area contributed by atoms with E-state index in [1.54, 1.807) is 24.0 Å². The Balaban J connectivity index is 1.48. The molecule has 1 fully saturated rings. The molecule has 0 bridgehead atoms. The minimum atomic E-state index is -4.59. The minimum absolute atomic E-state index is 0.0555. The molecule has 1 amide bonds. The minimum Gasteiger partial charge on any atom is -0.393 e. The summed E-state index contributed by atoms with van der Waals surface area (Å²) < 4.78 is 75.5. The highest BCUT2D eigenvalue weighted by molar-refractivity contribution is 6.04. The number of nitrogens with zero attached hydrogens (tertiary/aromatic N) is 2. The second-order valence-corrected chi connectivity index (χ2v) is 9.50. The van der Waals surface area contributed by atoms with E-state index in [2.05, 4.69) is 10.3 Å². The molecule has 1 aromatic heterocycles. The summed E-state index contributed by atoms with van der Waals surface area (Å²) in [5, 5.41) is 12.3. The second kappa shape index (κ2) is 9.63. The first kappa shape index (κ1) is 26.1. The van der Waals surface area contributed by atoms with Gasteiger partial charge in [0, 0.05) is 41.0 Å². The van der Waals surface area contributed by atoms with Crippen LogP contribution in [0.2, 0.25) is 0 Å². The molecule has 0 aliphatic carbocycles. The average molecular weight is 533 g/mol. The number of aryl methyl sites for hydroxylation is 1. The SMILES string of the molecule is Cc1ncc(NC(=O)c2cccc(C(F)(F)F)c2)cc1-c1cc(F)c2c(c1)N1CCOC[C@H]1[C@](F)(CO)C2. The van der Waals surface area contributed by atoms with Gasteiger partial charge in [-0.3, -0.25) is 9.78 Å². The molecule has 0 spiro atoms. The van der Waals surface area contributed by atoms with Crippen molar-refractivity contribution in [2.45, 2.75) is 31.2 Å². The highest BCUT2D eigenvalue weighted by Crippen LogP contribution is 2.43. The lowest BCUT2D eigenvalue weighted by Crippen LogP contribution is -2.62. The number of hydrogen-bond donors (Lipinski definition) is 2. The number of hydrogen-bond acceptors (Lipinski definition) is 5. The van der Waals surface area contributed by atoms with Crippen LogP contribution in [-0.4, -0.2) is 54.1 Å². The normalized spacial score (nSPS) is 21.0. The zero-order valence-corrected chi connectivity index (χ0v) is 20.3. The zero-order chi connectivity index (χ0) is 27.2. The van der Waals surface area contributed by atoms with Crippen molar-refractivity contribution in [3.8, 4) is 11.1 Å². The van der Waals surface area contributed by atoms with E-state index in [-0.39, 0.29) is 29.8 Å². The number of aliphatic hydroxyl groups excluding tert-OH is 1. The fourth-order valence-electron chi connectivity index (χ4n) is 5.04. The van der Waals surface area contributed by atoms with Crippen LogP contribution in [0.15, 0.2) is 48.7 Å². The molecule has 2 aliphatic heterocycles. The van der Waals surface area contributed by atoms with E-state index in [0.29, 0.717) is 35.7 Å². The Morgan fingerprint density at radius 3 is 2.79 bits per heavy atom. The maximum Gasteiger partial charge on any atom is 0.416 e. The lowest BCUT2D eigenvalue weighted by atomic mass is 9.82. The van der Waals surface area contributed by atoms with Gasteiger partial charge in [-0.05, 0) is 48.9 Å². The summed E-state index contributed by atoms with van der Waals surface area (Å²) in [4.78, 5) is 18.7. The Morgan fingerprint density at radius 2 is 2.05 bits per heavy atom. The summed E-state index contributed by atoms with van der Waals surface area (Å²) in [6, 6.07) is 7.79. The van der Waals surface area contributed by atoms with Gasteiger partial charge in [0.05, 0.1) is 43.3 Å². The Kier molecular flexibility index (Phi) is 6.60. The van der Waals surface area contributed by atoms with Gasteiger partial charge in [0.25, 0.3) is 5.91 Å². The van der Waals surface area contributed by atoms with Crippen LogP contribution in [0, 0.1) is 12.7 Å². The molecule has 3 aromatic rings. The van der Waals surface area contributed by atoms with Crippen molar-refractivity contribution in [1.82, 2.24) is 4.98 Å². The number of carbonyl (C=O) groups excluding carboxylic acids is 1. The molecule has 0 unspecified atom stereocenters. The summed E-state index contributed by atoms with van der Waals surface area (Å²) >= 11 is 0. The van der Waals surface area contributed by atoms with Crippen LogP contribution in [0.25, 0.3) is 11.1 Å². The number of fused-ring (bicyclic) bond motifs is 3. The number of rotatable bonds is 4. The molecule has 2 N–H and O–H groups in total. The maximum atomic E-state index is 15.5. The van der Waals surface area contributed by atoms with Crippen LogP contribution in [0.1, 0.15) is 27.2 Å². The molecule has 0 saturated carbocycles. The van der Waals surface area contributed by atoms with Crippen LogP contribution >= 0.6 is 0 Å². The number of ether oxygens (including phenoxy) is 1. The summed E-state index contributed by atoms with van der Waals surface area (Å²) in [6.07, 6.45) is -3.54. The van der Waals surface area contributed by atoms with E-state index in [0.717, 1.165) is 18.2 Å². The first-order valence-electron chi connectivity index (χ1n) is 11.9. The fraction of sp³-hybridized carbons (Fsp3) is 0.333. The van der Waals surface area contributed by atoms with Crippen LogP contribution in [0.4, 0.5) is 33.3 Å². The van der Waals surface area contributed by atoms with Crippen molar-refractivity contribution in [1.29, 1.82) is 0 Å². The topological polar surface area (TPSA) is 74.7 Å². The number of aliphatic hydroxyl groups is 1. The van der Waals surface area contributed by atoms with E-state index in [9.17, 15) is 23.1 Å². The van der Waals surface area contributed by atoms with Crippen molar-refractivity contribution < 1.29 is 36.6 Å². The predicted molar refractivity (Wildman–Crippen MR) is 130 cm³/mol. The maximum absolute atomic E-state index is 15.5. The number of benzene rings is 2. The predicted octanol–water partition coefficient (Wildman–Crippen LogP) is 4.93. The molecule has 0 radical (unpaired) electrons. The van der Waals surface area contributed by atoms with Crippen LogP contribution < -0.4 is 10.2 Å². The molecular formula is C27H24F5N3O3. The number of carbonyl (C=O) groups is 1. The third-order valence-electron chi connectivity index (χ3n) is 7.05. The average Bonchev–Trinajstić information content (AvgIpc) is 2.90. The van der Waals surface area contributed by atoms with Crippen molar-refractivity contribution in [2.75, 3.05) is 36.6 Å². The highest BCUT2D eigenvalue weighted by Gasteiger charge is 2.49. The standard InChI is InChI=1S/C27H24F5N3O3/c1-15-20(10-19(12-33-15)34-25(37)16-3-2-4-18(7-16)27(30,31)32)17-8-22(28)21-11-26(29,14-36)24-13-38-6-5-35(24)23(21)9-17/h2-4,7-10,12,24,36H,5-6,11,13-14H2,1H3,(H,34,37)/t24-,26+/m0/s1. The van der Waals surface area contributed by atoms with Gasteiger partial charge < -0.3 is 20.1 Å². The van der Waals surface area contributed by atoms with Gasteiger partial charge in [-0.1, -0.05) is 6.07 Å². The van der Waals surface area contributed by atoms with Gasteiger partial charge in [-0.2, -0.15) is 13.2 Å². The van der Waals surface area contributed by atoms with Gasteiger partial charge >= 0.3 is 6.18 Å². The molecular weight excluding hydrogens is 509 g/mol. The first-order chi connectivity index (χ1) is 18.0.